The largest absolute Gasteiger partial charge is 0.619 e. The summed E-state index contributed by atoms with van der Waals surface area (Å²) in [5, 5.41) is 13.9. The van der Waals surface area contributed by atoms with E-state index in [1.54, 1.807) is 0 Å². The monoisotopic (exact) mass is 376 g/mol. The normalized spacial score (nSPS) is 19.1. The first-order chi connectivity index (χ1) is 12.9. The topological polar surface area (TPSA) is 89.2 Å². The Morgan fingerprint density at radius 1 is 1.37 bits per heavy atom. The van der Waals surface area contributed by atoms with Crippen LogP contribution in [0.2, 0.25) is 0 Å². The minimum Gasteiger partial charge on any atom is -0.619 e. The number of halogens is 2. The molecule has 2 aromatic rings. The molecule has 1 aliphatic rings. The zero-order valence-corrected chi connectivity index (χ0v) is 14.3. The van der Waals surface area contributed by atoms with E-state index in [1.807, 2.05) is 0 Å². The van der Waals surface area contributed by atoms with Gasteiger partial charge in [0.1, 0.15) is 17.6 Å². The Morgan fingerprint density at radius 3 is 2.89 bits per heavy atom. The van der Waals surface area contributed by atoms with Crippen molar-refractivity contribution in [2.45, 2.75) is 25.1 Å². The molecular weight excluding hydrogens is 358 g/mol. The van der Waals surface area contributed by atoms with Crippen LogP contribution in [0.1, 0.15) is 22.5 Å². The van der Waals surface area contributed by atoms with Crippen molar-refractivity contribution in [2.75, 3.05) is 13.1 Å². The minimum atomic E-state index is -1.18. The smallest absolute Gasteiger partial charge is 0.257 e. The molecule has 1 aliphatic heterocycles. The number of amides is 2. The molecule has 1 N–H and O–H groups in total. The molecule has 1 saturated heterocycles. The molecule has 7 nitrogen and oxygen atoms in total. The van der Waals surface area contributed by atoms with Crippen molar-refractivity contribution in [3.8, 4) is 0 Å². The summed E-state index contributed by atoms with van der Waals surface area (Å²) in [4.78, 5) is 29.8. The van der Waals surface area contributed by atoms with E-state index in [9.17, 15) is 23.6 Å². The van der Waals surface area contributed by atoms with Gasteiger partial charge in [0.2, 0.25) is 5.91 Å². The summed E-state index contributed by atoms with van der Waals surface area (Å²) in [6, 6.07) is 5.04. The van der Waals surface area contributed by atoms with Crippen molar-refractivity contribution in [1.29, 1.82) is 0 Å². The molecule has 142 valence electrons. The van der Waals surface area contributed by atoms with Crippen molar-refractivity contribution in [3.05, 3.63) is 65.1 Å². The Bertz CT molecular complexity index is 832. The highest BCUT2D eigenvalue weighted by atomic mass is 19.1. The number of pyridine rings is 2. The summed E-state index contributed by atoms with van der Waals surface area (Å²) in [5.41, 5.74) is 0.562. The van der Waals surface area contributed by atoms with Gasteiger partial charge < -0.3 is 15.4 Å². The average Bonchev–Trinajstić information content (AvgIpc) is 3.02. The minimum absolute atomic E-state index is 0.0630. The molecular formula is C18H18F2N4O3. The van der Waals surface area contributed by atoms with E-state index in [4.69, 9.17) is 0 Å². The third-order valence-corrected chi connectivity index (χ3v) is 4.34. The molecule has 3 rings (SSSR count). The molecule has 2 atom stereocenters. The number of nitrogens with zero attached hydrogens (tertiary/aromatic N) is 3. The van der Waals surface area contributed by atoms with E-state index in [0.717, 1.165) is 12.4 Å². The Kier molecular flexibility index (Phi) is 5.58. The van der Waals surface area contributed by atoms with Gasteiger partial charge in [0.05, 0.1) is 25.2 Å². The van der Waals surface area contributed by atoms with Crippen molar-refractivity contribution in [3.63, 3.8) is 0 Å². The summed E-state index contributed by atoms with van der Waals surface area (Å²) in [7, 11) is 0. The van der Waals surface area contributed by atoms with Crippen molar-refractivity contribution in [2.24, 2.45) is 0 Å². The highest BCUT2D eigenvalue weighted by Crippen LogP contribution is 2.21. The van der Waals surface area contributed by atoms with E-state index in [2.05, 4.69) is 10.3 Å². The van der Waals surface area contributed by atoms with Crippen molar-refractivity contribution < 1.29 is 23.1 Å². The van der Waals surface area contributed by atoms with Crippen LogP contribution in [0.15, 0.2) is 42.9 Å². The Morgan fingerprint density at radius 2 is 2.19 bits per heavy atom. The number of hydrogen-bond donors (Lipinski definition) is 1. The molecule has 3 heterocycles. The molecule has 1 fully saturated rings. The number of alkyl halides is 1. The van der Waals surface area contributed by atoms with E-state index < -0.39 is 23.9 Å². The Balaban J connectivity index is 1.60. The fraction of sp³-hybridized carbons (Fsp3) is 0.333. The van der Waals surface area contributed by atoms with Crippen LogP contribution < -0.4 is 10.0 Å². The summed E-state index contributed by atoms with van der Waals surface area (Å²) >= 11 is 0. The highest BCUT2D eigenvalue weighted by Gasteiger charge is 2.35. The lowest BCUT2D eigenvalue weighted by molar-refractivity contribution is -0.605. The molecule has 0 bridgehead atoms. The lowest BCUT2D eigenvalue weighted by atomic mass is 10.2. The van der Waals surface area contributed by atoms with Gasteiger partial charge in [0.15, 0.2) is 12.4 Å². The van der Waals surface area contributed by atoms with Gasteiger partial charge in [-0.05, 0) is 18.2 Å². The number of nitrogens with one attached hydrogen (secondary N) is 1. The summed E-state index contributed by atoms with van der Waals surface area (Å²) in [6.07, 6.45) is 2.25. The molecule has 0 aliphatic carbocycles. The van der Waals surface area contributed by atoms with E-state index in [1.165, 1.54) is 35.4 Å². The quantitative estimate of drug-likeness (QED) is 0.617. The summed E-state index contributed by atoms with van der Waals surface area (Å²) in [5.74, 6) is -1.32. The van der Waals surface area contributed by atoms with Gasteiger partial charge in [-0.25, -0.2) is 8.78 Å². The predicted molar refractivity (Wildman–Crippen MR) is 90.6 cm³/mol. The average molecular weight is 376 g/mol. The van der Waals surface area contributed by atoms with Crippen LogP contribution in [-0.2, 0) is 11.2 Å². The number of rotatable bonds is 5. The number of hydrogen-bond acceptors (Lipinski definition) is 4. The Hall–Kier alpha value is -3.10. The molecule has 0 unspecified atom stereocenters. The van der Waals surface area contributed by atoms with Gasteiger partial charge in [0, 0.05) is 24.7 Å². The standard InChI is InChI=1S/C18H18F2N4O3/c19-13-3-4-15(21-8-13)7-17(25)24-11-14(20)6-16(24)9-22-18(26)12-2-1-5-23(27)10-12/h1-5,8,10,14,16H,6-7,9,11H2,(H,22,26)/t14-,16-/m0/s1. The SMILES string of the molecule is O=C(NC[C@@H]1C[C@H](F)CN1C(=O)Cc1ccc(F)cn1)c1ccc[n+]([O-])c1. The van der Waals surface area contributed by atoms with E-state index >= 15 is 0 Å². The molecule has 2 amide bonds. The van der Waals surface area contributed by atoms with Crippen LogP contribution >= 0.6 is 0 Å². The molecule has 9 heteroatoms. The van der Waals surface area contributed by atoms with E-state index in [0.29, 0.717) is 10.4 Å². The molecule has 0 spiro atoms. The second kappa shape index (κ2) is 8.07. The number of carbonyl (C=O) groups is 2. The van der Waals surface area contributed by atoms with Gasteiger partial charge in [-0.3, -0.25) is 14.6 Å². The van der Waals surface area contributed by atoms with Crippen LogP contribution in [-0.4, -0.2) is 47.0 Å². The third kappa shape index (κ3) is 4.75. The molecule has 0 aromatic carbocycles. The van der Waals surface area contributed by atoms with Crippen molar-refractivity contribution >= 4 is 11.8 Å². The number of aromatic nitrogens is 2. The number of carbonyl (C=O) groups excluding carboxylic acids is 2. The van der Waals surface area contributed by atoms with Crippen LogP contribution in [0.5, 0.6) is 0 Å². The molecule has 2 aromatic heterocycles. The first-order valence-corrected chi connectivity index (χ1v) is 8.43. The first kappa shape index (κ1) is 18.7. The fourth-order valence-corrected chi connectivity index (χ4v) is 3.03. The van der Waals surface area contributed by atoms with Crippen LogP contribution in [0.4, 0.5) is 8.78 Å². The van der Waals surface area contributed by atoms with Gasteiger partial charge >= 0.3 is 0 Å². The molecule has 27 heavy (non-hydrogen) atoms. The maximum atomic E-state index is 13.9. The zero-order chi connectivity index (χ0) is 19.4. The van der Waals surface area contributed by atoms with Gasteiger partial charge in [0.25, 0.3) is 5.91 Å². The summed E-state index contributed by atoms with van der Waals surface area (Å²) in [6.45, 7) is 0.00204. The van der Waals surface area contributed by atoms with Crippen LogP contribution in [0.25, 0.3) is 0 Å². The van der Waals surface area contributed by atoms with Gasteiger partial charge in [-0.15, -0.1) is 0 Å². The van der Waals surface area contributed by atoms with Gasteiger partial charge in [-0.1, -0.05) is 0 Å². The fourth-order valence-electron chi connectivity index (χ4n) is 3.03. The summed E-state index contributed by atoms with van der Waals surface area (Å²) < 4.78 is 27.3. The Labute approximate surface area is 154 Å². The lowest BCUT2D eigenvalue weighted by Gasteiger charge is -2.24. The first-order valence-electron chi connectivity index (χ1n) is 8.43. The molecule has 0 radical (unpaired) electrons. The zero-order valence-electron chi connectivity index (χ0n) is 14.3. The second-order valence-electron chi connectivity index (χ2n) is 6.34. The lowest BCUT2D eigenvalue weighted by Crippen LogP contribution is -2.44. The molecule has 0 saturated carbocycles. The van der Waals surface area contributed by atoms with Crippen LogP contribution in [0.3, 0.4) is 0 Å². The van der Waals surface area contributed by atoms with Crippen LogP contribution in [0, 0.1) is 11.0 Å². The number of likely N-dealkylation sites (tertiary alicyclic amines) is 1. The second-order valence-corrected chi connectivity index (χ2v) is 6.34. The van der Waals surface area contributed by atoms with Gasteiger partial charge in [-0.2, -0.15) is 4.73 Å². The third-order valence-electron chi connectivity index (χ3n) is 4.34. The van der Waals surface area contributed by atoms with E-state index in [-0.39, 0.29) is 37.4 Å². The predicted octanol–water partition coefficient (Wildman–Crippen LogP) is 0.766. The highest BCUT2D eigenvalue weighted by molar-refractivity contribution is 5.93. The van der Waals surface area contributed by atoms with Crippen molar-refractivity contribution in [1.82, 2.24) is 15.2 Å². The maximum Gasteiger partial charge on any atom is 0.257 e. The maximum absolute atomic E-state index is 13.9.